The Morgan fingerprint density at radius 2 is 1.94 bits per heavy atom. The van der Waals surface area contributed by atoms with Crippen LogP contribution in [0, 0.1) is 5.92 Å². The molecule has 0 spiro atoms. The molecule has 0 saturated heterocycles. The zero-order chi connectivity index (χ0) is 11.4. The van der Waals surface area contributed by atoms with Gasteiger partial charge in [0.1, 0.15) is 0 Å². The van der Waals surface area contributed by atoms with E-state index in [1.165, 1.54) is 25.7 Å². The van der Waals surface area contributed by atoms with Gasteiger partial charge in [-0.25, -0.2) is 0 Å². The van der Waals surface area contributed by atoms with Gasteiger partial charge in [-0.15, -0.1) is 0 Å². The van der Waals surface area contributed by atoms with E-state index in [0.29, 0.717) is 5.76 Å². The molecule has 0 aromatic heterocycles. The molecule has 2 aliphatic carbocycles. The fourth-order valence-corrected chi connectivity index (χ4v) is 4.43. The molecule has 2 aliphatic rings. The summed E-state index contributed by atoms with van der Waals surface area (Å²) in [6.07, 6.45) is 11.2. The van der Waals surface area contributed by atoms with E-state index in [1.54, 1.807) is 5.57 Å². The van der Waals surface area contributed by atoms with E-state index in [1.807, 2.05) is 6.08 Å². The van der Waals surface area contributed by atoms with Crippen LogP contribution in [-0.4, -0.2) is 15.7 Å². The van der Waals surface area contributed by atoms with Crippen molar-refractivity contribution < 1.29 is 26.6 Å². The number of halogens is 1. The molecular weight excluding hydrogens is 313 g/mol. The summed E-state index contributed by atoms with van der Waals surface area (Å²) in [7, 11) is 0. The van der Waals surface area contributed by atoms with Gasteiger partial charge >= 0.3 is 108 Å². The first-order valence-electron chi connectivity index (χ1n) is 5.97. The summed E-state index contributed by atoms with van der Waals surface area (Å²) in [4.78, 5) is 0. The van der Waals surface area contributed by atoms with Crippen molar-refractivity contribution in [2.75, 3.05) is 0 Å². The van der Waals surface area contributed by atoms with E-state index in [2.05, 4.69) is 16.0 Å². The first kappa shape index (κ1) is 12.1. The average Bonchev–Trinajstić information content (AvgIpc) is 2.32. The van der Waals surface area contributed by atoms with E-state index in [0.717, 1.165) is 22.7 Å². The normalized spacial score (nSPS) is 30.8. The zero-order valence-electron chi connectivity index (χ0n) is 9.53. The number of aliphatic hydroxyl groups excluding tert-OH is 1. The van der Waals surface area contributed by atoms with Gasteiger partial charge in [0, 0.05) is 0 Å². The molecule has 2 rings (SSSR count). The summed E-state index contributed by atoms with van der Waals surface area (Å²) >= 11 is 0.00393. The van der Waals surface area contributed by atoms with Crippen molar-refractivity contribution in [2.45, 2.75) is 42.4 Å². The molecule has 1 N–H and O–H groups in total. The Kier molecular flexibility index (Phi) is 4.44. The summed E-state index contributed by atoms with van der Waals surface area (Å²) in [5.74, 6) is 1.31. The molecule has 90 valence electrons. The molecule has 16 heavy (non-hydrogen) atoms. The Labute approximate surface area is 108 Å². The van der Waals surface area contributed by atoms with Crippen molar-refractivity contribution in [1.29, 1.82) is 0 Å². The van der Waals surface area contributed by atoms with Crippen LogP contribution in [-0.2, 0) is 0 Å². The van der Waals surface area contributed by atoms with E-state index < -0.39 is 0 Å². The first-order chi connectivity index (χ1) is 7.79. The molecule has 0 aromatic carbocycles. The van der Waals surface area contributed by atoms with Crippen LogP contribution in [0.1, 0.15) is 38.5 Å². The Hall–Kier alpha value is -0.320. The van der Waals surface area contributed by atoms with Gasteiger partial charge in [0.25, 0.3) is 0 Å². The Balaban J connectivity index is 1.87. The predicted molar refractivity (Wildman–Crippen MR) is 63.3 cm³/mol. The molecule has 0 heterocycles. The topological polar surface area (TPSA) is 32.6 Å². The van der Waals surface area contributed by atoms with Crippen LogP contribution in [0.25, 0.3) is 0 Å². The monoisotopic (exact) mass is 332 g/mol. The molecule has 3 heteroatoms. The Morgan fingerprint density at radius 1 is 1.19 bits per heavy atom. The molecule has 1 saturated carbocycles. The van der Waals surface area contributed by atoms with Gasteiger partial charge in [-0.2, -0.15) is 0 Å². The van der Waals surface area contributed by atoms with Crippen molar-refractivity contribution in [3.63, 3.8) is 0 Å². The zero-order valence-corrected chi connectivity index (χ0v) is 11.7. The fourth-order valence-electron chi connectivity index (χ4n) is 2.60. The maximum absolute atomic E-state index is 9.34. The molecule has 0 unspecified atom stereocenters. The average molecular weight is 332 g/mol. The van der Waals surface area contributed by atoms with Gasteiger partial charge in [0.05, 0.1) is 0 Å². The maximum atomic E-state index is 9.34. The summed E-state index contributed by atoms with van der Waals surface area (Å²) in [6, 6.07) is 0. The first-order valence-corrected chi connectivity index (χ1v) is 8.18. The van der Waals surface area contributed by atoms with E-state index >= 15 is 0 Å². The molecule has 0 amide bonds. The van der Waals surface area contributed by atoms with Crippen LogP contribution < -0.4 is 21.5 Å². The number of allylic oxidation sites excluding steroid dienone is 4. The summed E-state index contributed by atoms with van der Waals surface area (Å²) in [5, 5.41) is 9.34. The second-order valence-electron chi connectivity index (χ2n) is 4.57. The Morgan fingerprint density at radius 3 is 2.50 bits per heavy atom. The molecule has 0 bridgehead atoms. The van der Waals surface area contributed by atoms with Crippen LogP contribution in [0.3, 0.4) is 0 Å². The quantitative estimate of drug-likeness (QED) is 0.453. The summed E-state index contributed by atoms with van der Waals surface area (Å²) in [6.45, 7) is 3.62. The molecular formula is C13H19INO-. The molecule has 0 atom stereocenters. The minimum atomic E-state index is 0.00393. The van der Waals surface area contributed by atoms with Crippen LogP contribution in [0.2, 0.25) is 0 Å². The molecule has 2 nitrogen and oxygen atoms in total. The molecule has 0 aromatic rings. The van der Waals surface area contributed by atoms with Crippen LogP contribution in [0.4, 0.5) is 0 Å². The second-order valence-corrected chi connectivity index (χ2v) is 7.57. The molecule has 1 fully saturated rings. The van der Waals surface area contributed by atoms with E-state index in [9.17, 15) is 5.11 Å². The SMILES string of the molecule is C=N[I-]C1CCC(C2=CC=C(O)CC2)CC1. The predicted octanol–water partition coefficient (Wildman–Crippen LogP) is 0.412. The third-order valence-electron chi connectivity index (χ3n) is 3.55. The second kappa shape index (κ2) is 5.84. The van der Waals surface area contributed by atoms with Crippen LogP contribution in [0.15, 0.2) is 26.7 Å². The van der Waals surface area contributed by atoms with Crippen molar-refractivity contribution in [3.8, 4) is 0 Å². The van der Waals surface area contributed by atoms with Crippen molar-refractivity contribution in [2.24, 2.45) is 9.12 Å². The van der Waals surface area contributed by atoms with Crippen molar-refractivity contribution >= 4 is 6.72 Å². The number of hydrogen-bond acceptors (Lipinski definition) is 2. The van der Waals surface area contributed by atoms with E-state index in [4.69, 9.17) is 0 Å². The van der Waals surface area contributed by atoms with Crippen molar-refractivity contribution in [1.82, 2.24) is 0 Å². The third-order valence-corrected chi connectivity index (χ3v) is 5.98. The minimum absolute atomic E-state index is 0.00393. The van der Waals surface area contributed by atoms with E-state index in [-0.39, 0.29) is 21.5 Å². The molecule has 0 aliphatic heterocycles. The summed E-state index contributed by atoms with van der Waals surface area (Å²) < 4.78 is 4.99. The van der Waals surface area contributed by atoms with Crippen LogP contribution >= 0.6 is 0 Å². The number of alkyl halides is 1. The van der Waals surface area contributed by atoms with Gasteiger partial charge in [-0.1, -0.05) is 0 Å². The standard InChI is InChI=1S/C13H19INO/c1-15-14-12-6-2-10(3-7-12)11-4-8-13(16)9-5-11/h4,8,10,12,16H,1-3,5-7,9H2/q-1. The van der Waals surface area contributed by atoms with Gasteiger partial charge in [0.2, 0.25) is 0 Å². The number of nitrogens with zero attached hydrogens (tertiary/aromatic N) is 1. The van der Waals surface area contributed by atoms with Gasteiger partial charge < -0.3 is 0 Å². The number of rotatable bonds is 3. The third kappa shape index (κ3) is 3.09. The number of hydrogen-bond donors (Lipinski definition) is 1. The number of aliphatic hydroxyl groups is 1. The van der Waals surface area contributed by atoms with Crippen molar-refractivity contribution in [3.05, 3.63) is 23.5 Å². The Bertz CT molecular complexity index is 314. The van der Waals surface area contributed by atoms with Crippen LogP contribution in [0.5, 0.6) is 0 Å². The summed E-state index contributed by atoms with van der Waals surface area (Å²) in [5.41, 5.74) is 1.56. The molecule has 0 radical (unpaired) electrons. The van der Waals surface area contributed by atoms with Gasteiger partial charge in [-0.05, 0) is 0 Å². The van der Waals surface area contributed by atoms with Gasteiger partial charge in [-0.3, -0.25) is 0 Å². The van der Waals surface area contributed by atoms with Gasteiger partial charge in [0.15, 0.2) is 0 Å². The fraction of sp³-hybridized carbons (Fsp3) is 0.615.